The van der Waals surface area contributed by atoms with E-state index in [9.17, 15) is 0 Å². The van der Waals surface area contributed by atoms with E-state index in [0.717, 1.165) is 166 Å². The Balaban J connectivity index is 0.000000131. The second-order valence-electron chi connectivity index (χ2n) is 33.7. The van der Waals surface area contributed by atoms with E-state index >= 15 is 0 Å². The Hall–Kier alpha value is -10.5. The van der Waals surface area contributed by atoms with E-state index in [1.54, 1.807) is 57.2 Å². The zero-order chi connectivity index (χ0) is 95.0. The first-order chi connectivity index (χ1) is 60.4. The van der Waals surface area contributed by atoms with Crippen LogP contribution in [0.4, 0.5) is 0 Å². The molecule has 20 nitrogen and oxygen atoms in total. The molecule has 15 aromatic rings. The first-order valence-corrected chi connectivity index (χ1v) is 40.5. The van der Waals surface area contributed by atoms with Crippen LogP contribution in [0, 0.1) is 19.1 Å². The molecular formula is C95H129N20+5. The summed E-state index contributed by atoms with van der Waals surface area (Å²) in [4.78, 5) is 21.9. The molecule has 0 saturated heterocycles. The van der Waals surface area contributed by atoms with Crippen molar-refractivity contribution in [2.75, 3.05) is 0 Å². The van der Waals surface area contributed by atoms with E-state index in [1.807, 2.05) is 284 Å². The minimum Gasteiger partial charge on any atom is -0.308 e. The first kappa shape index (κ1) is 63.8. The van der Waals surface area contributed by atoms with Gasteiger partial charge in [-0.2, -0.15) is 22.8 Å². The number of nitrogens with zero attached hydrogens (tertiary/aromatic N) is 20. The molecule has 18 rings (SSSR count). The number of aromatic nitrogens is 20. The molecule has 0 radical (unpaired) electrons. The van der Waals surface area contributed by atoms with E-state index in [2.05, 4.69) is 52.5 Å². The van der Waals surface area contributed by atoms with Gasteiger partial charge in [-0.05, 0) is 133 Å². The smallest absolute Gasteiger partial charge is 0.230 e. The Morgan fingerprint density at radius 3 is 0.948 bits per heavy atom. The van der Waals surface area contributed by atoms with Gasteiger partial charge in [0.15, 0.2) is 31.0 Å². The van der Waals surface area contributed by atoms with Gasteiger partial charge in [0.1, 0.15) is 63.7 Å². The fourth-order valence-electron chi connectivity index (χ4n) is 17.1. The summed E-state index contributed by atoms with van der Waals surface area (Å²) in [7, 11) is 19.5. The SMILES string of the molecule is [2H]C(C)(C)c1c[n+](C)c(-c2cn3ccnc3n2C)cc1C([2H])([2H])C(C)(C)C.[2H]C(C)(C)c1c[n+](C)c(-c2cn3ccnc3n2C)cc1C1([2H])CCCC1.[2H]C(C)(C)c1cc(-c2cn3ccnc3n2C)[n+](C)cc1C([2H])(C)C.[2H]C([2H])([2H])c1c[n+](C)c(-c2cn3ccnc3n2C)cc1C1([2H])CCCC1.[2H]C([2H])([2H])c1c[n+](C)c(-c2cn3ccnc3n2C)cc1C1([2H])CCCCC1. The summed E-state index contributed by atoms with van der Waals surface area (Å²) in [5.41, 5.74) is 15.9. The molecular weight excluding hydrogens is 1420 g/mol. The molecule has 0 atom stereocenters. The van der Waals surface area contributed by atoms with E-state index in [4.69, 9.17) is 20.6 Å². The topological polar surface area (TPSA) is 131 Å². The molecule has 0 bridgehead atoms. The third-order valence-electron chi connectivity index (χ3n) is 23.2. The van der Waals surface area contributed by atoms with Crippen molar-refractivity contribution in [3.63, 3.8) is 0 Å². The van der Waals surface area contributed by atoms with Gasteiger partial charge in [0, 0.05) is 207 Å². The van der Waals surface area contributed by atoms with Crippen LogP contribution in [0.25, 0.3) is 85.8 Å². The minimum absolute atomic E-state index is 0.291. The number of imidazole rings is 10. The van der Waals surface area contributed by atoms with Crippen LogP contribution >= 0.6 is 0 Å². The van der Waals surface area contributed by atoms with Gasteiger partial charge in [0.2, 0.25) is 57.4 Å². The molecule has 0 unspecified atom stereocenters. The van der Waals surface area contributed by atoms with Crippen LogP contribution in [0.3, 0.4) is 0 Å². The maximum atomic E-state index is 9.09. The number of aryl methyl sites for hydroxylation is 12. The van der Waals surface area contributed by atoms with Crippen molar-refractivity contribution in [1.29, 1.82) is 0 Å². The van der Waals surface area contributed by atoms with Crippen LogP contribution in [-0.2, 0) is 76.8 Å². The van der Waals surface area contributed by atoms with E-state index in [-0.39, 0.29) is 0 Å². The number of fused-ring (bicyclic) bond motifs is 5. The fourth-order valence-corrected chi connectivity index (χ4v) is 17.1. The van der Waals surface area contributed by atoms with Crippen molar-refractivity contribution in [3.8, 4) is 56.9 Å². The number of hydrogen-bond acceptors (Lipinski definition) is 5. The normalized spacial score (nSPS) is 18.0. The summed E-state index contributed by atoms with van der Waals surface area (Å²) >= 11 is 0. The predicted molar refractivity (Wildman–Crippen MR) is 461 cm³/mol. The molecule has 0 amide bonds. The van der Waals surface area contributed by atoms with E-state index < -0.39 is 66.7 Å². The third kappa shape index (κ3) is 16.5. The summed E-state index contributed by atoms with van der Waals surface area (Å²) < 4.78 is 157. The summed E-state index contributed by atoms with van der Waals surface area (Å²) in [6.07, 6.45) is 48.0. The molecule has 0 aliphatic heterocycles. The first-order valence-electron chi connectivity index (χ1n) is 48.0. The van der Waals surface area contributed by atoms with Crippen molar-refractivity contribution < 1.29 is 43.4 Å². The molecule has 0 spiro atoms. The molecule has 0 aromatic carbocycles. The van der Waals surface area contributed by atoms with Crippen molar-refractivity contribution in [2.45, 2.75) is 221 Å². The summed E-state index contributed by atoms with van der Waals surface area (Å²) in [5, 5.41) is 0. The maximum Gasteiger partial charge on any atom is 0.230 e. The average Bonchev–Trinajstić information content (AvgIpc) is 1.20. The summed E-state index contributed by atoms with van der Waals surface area (Å²) in [6.45, 7) is 16.2. The van der Waals surface area contributed by atoms with Crippen LogP contribution in [0.1, 0.15) is 277 Å². The van der Waals surface area contributed by atoms with Gasteiger partial charge in [-0.15, -0.1) is 0 Å². The Morgan fingerprint density at radius 2 is 0.643 bits per heavy atom. The molecule has 15 heterocycles. The molecule has 3 fully saturated rings. The minimum atomic E-state index is -2.24. The summed E-state index contributed by atoms with van der Waals surface area (Å²) in [5.74, 6) is -1.17. The molecule has 0 N–H and O–H groups in total. The lowest BCUT2D eigenvalue weighted by Crippen LogP contribution is -2.33. The Kier molecular flexibility index (Phi) is 18.5. The van der Waals surface area contributed by atoms with E-state index in [1.165, 1.54) is 0 Å². The van der Waals surface area contributed by atoms with Gasteiger partial charge in [0.05, 0.1) is 0 Å². The van der Waals surface area contributed by atoms with Gasteiger partial charge in [-0.3, -0.25) is 22.0 Å². The zero-order valence-corrected chi connectivity index (χ0v) is 71.6. The zero-order valence-electron chi connectivity index (χ0n) is 86.6. The average molecular weight is 1570 g/mol. The van der Waals surface area contributed by atoms with E-state index in [0.29, 0.717) is 59.1 Å². The Labute approximate surface area is 702 Å². The van der Waals surface area contributed by atoms with Crippen molar-refractivity contribution >= 4 is 28.9 Å². The maximum absolute atomic E-state index is 9.09. The van der Waals surface area contributed by atoms with Gasteiger partial charge < -0.3 is 22.8 Å². The Morgan fingerprint density at radius 1 is 0.374 bits per heavy atom. The highest BCUT2D eigenvalue weighted by atomic mass is 15.2. The van der Waals surface area contributed by atoms with Crippen LogP contribution in [-0.4, -0.2) is 69.8 Å². The lowest BCUT2D eigenvalue weighted by Gasteiger charge is -2.23. The molecule has 3 aliphatic carbocycles. The standard InChI is InChI=1S/C20H27N4.C20H29N4.C19H25N4.C18H23N4.C18H25N4/c1-14(2)17-12-22(3)18(11-16(17)15-7-5-6-8-15)19-13-24-10-9-21-20(24)23(19)4;1-14(2)16-12-22(6)17(10-15(16)11-20(3,4)5)18-13-24-9-8-21-19(24)23(18)7;1-14-12-21(2)17(11-16(14)15-7-5-4-6-8-15)18-13-23-10-9-20-19(23)22(18)3;1-13-11-20(2)16(10-15(13)14-6-4-5-7-14)17-12-22-9-8-19-18(22)21(17)3;1-12(2)14-9-16(20(5)10-15(14)13(3)4)17-11-22-8-7-19-18(22)21(17)6/h9-15H,5-8H2,1-4H3;8-10,12-14H,11H2,1-7H3;9-13,15H,4-8H2,1-3H3;8-12,14H,4-7H2,1-3H3;7-13H,1-6H3/q5*+1/i14D,15D;11D2,14D;1D3,15D;1D3,14D;12D,13D. The quantitative estimate of drug-likeness (QED) is 0.106. The van der Waals surface area contributed by atoms with Crippen molar-refractivity contribution in [1.82, 2.24) is 69.8 Å². The Bertz CT molecular complexity index is 6550. The third-order valence-corrected chi connectivity index (χ3v) is 23.2. The second kappa shape index (κ2) is 33.4. The van der Waals surface area contributed by atoms with Crippen molar-refractivity contribution in [2.24, 2.45) is 75.9 Å². The van der Waals surface area contributed by atoms with Gasteiger partial charge in [-0.25, -0.2) is 24.9 Å². The summed E-state index contributed by atoms with van der Waals surface area (Å²) in [6, 6.07) is 9.95. The number of rotatable bonds is 13. The second-order valence-corrected chi connectivity index (χ2v) is 33.7. The van der Waals surface area contributed by atoms with Crippen LogP contribution in [0.15, 0.2) is 154 Å². The highest BCUT2D eigenvalue weighted by molar-refractivity contribution is 5.62. The lowest BCUT2D eigenvalue weighted by molar-refractivity contribution is -0.661. The highest BCUT2D eigenvalue weighted by Crippen LogP contribution is 2.41. The highest BCUT2D eigenvalue weighted by Gasteiger charge is 2.32. The molecule has 15 aromatic heterocycles. The van der Waals surface area contributed by atoms with Crippen LogP contribution in [0.2, 0.25) is 0 Å². The van der Waals surface area contributed by atoms with Crippen LogP contribution in [0.5, 0.6) is 0 Å². The molecule has 3 aliphatic rings. The molecule has 604 valence electrons. The molecule has 3 saturated carbocycles. The van der Waals surface area contributed by atoms with Crippen LogP contribution < -0.4 is 22.8 Å². The van der Waals surface area contributed by atoms with Crippen molar-refractivity contribution in [3.05, 3.63) is 210 Å². The van der Waals surface area contributed by atoms with Gasteiger partial charge in [0.25, 0.3) is 0 Å². The van der Waals surface area contributed by atoms with Gasteiger partial charge >= 0.3 is 0 Å². The molecule has 115 heavy (non-hydrogen) atoms. The molecule has 20 heteroatoms. The number of hydrogen-bond donors (Lipinski definition) is 0. The number of pyridine rings is 5. The van der Waals surface area contributed by atoms with Gasteiger partial charge in [-0.1, -0.05) is 121 Å². The monoisotopic (exact) mass is 1570 g/mol. The fraction of sp³-hybridized carbons (Fsp3) is 0.474. The largest absolute Gasteiger partial charge is 0.308 e. The predicted octanol–water partition coefficient (Wildman–Crippen LogP) is 17.9. The lowest BCUT2D eigenvalue weighted by atomic mass is 9.82.